The lowest BCUT2D eigenvalue weighted by atomic mass is 9.97. The Morgan fingerprint density at radius 2 is 0.904 bits per heavy atom. The van der Waals surface area contributed by atoms with Crippen molar-refractivity contribution in [1.82, 2.24) is 0 Å². The molecule has 0 aliphatic rings. The normalized spacial score (nSPS) is 11.5. The van der Waals surface area contributed by atoms with Crippen LogP contribution in [0.5, 0.6) is 0 Å². The van der Waals surface area contributed by atoms with Crippen LogP contribution in [-0.4, -0.2) is 0 Å². The van der Waals surface area contributed by atoms with Crippen molar-refractivity contribution in [1.29, 1.82) is 0 Å². The van der Waals surface area contributed by atoms with Gasteiger partial charge in [-0.05, 0) is 116 Å². The summed E-state index contributed by atoms with van der Waals surface area (Å²) in [6.45, 7) is 0. The third-order valence-electron chi connectivity index (χ3n) is 10.2. The molecule has 2 heteroatoms. The van der Waals surface area contributed by atoms with E-state index in [1.165, 1.54) is 54.9 Å². The zero-order chi connectivity index (χ0) is 34.4. The van der Waals surface area contributed by atoms with Crippen LogP contribution in [0.1, 0.15) is 0 Å². The fourth-order valence-corrected chi connectivity index (χ4v) is 7.62. The summed E-state index contributed by atoms with van der Waals surface area (Å²) in [5.74, 6) is 0. The summed E-state index contributed by atoms with van der Waals surface area (Å²) in [4.78, 5) is 2.35. The summed E-state index contributed by atoms with van der Waals surface area (Å²) >= 11 is 0. The average molecular weight is 664 g/mol. The minimum Gasteiger partial charge on any atom is -0.456 e. The van der Waals surface area contributed by atoms with Crippen molar-refractivity contribution < 1.29 is 4.42 Å². The van der Waals surface area contributed by atoms with Gasteiger partial charge in [0.25, 0.3) is 0 Å². The molecule has 0 radical (unpaired) electrons. The fraction of sp³-hybridized carbons (Fsp3) is 0. The number of hydrogen-bond donors (Lipinski definition) is 0. The van der Waals surface area contributed by atoms with Gasteiger partial charge in [0.15, 0.2) is 0 Å². The quantitative estimate of drug-likeness (QED) is 0.176. The first kappa shape index (κ1) is 30.0. The van der Waals surface area contributed by atoms with Gasteiger partial charge in [-0.3, -0.25) is 0 Å². The zero-order valence-electron chi connectivity index (χ0n) is 28.4. The molecule has 0 bridgehead atoms. The molecule has 0 fully saturated rings. The molecule has 10 aromatic rings. The van der Waals surface area contributed by atoms with Gasteiger partial charge in [-0.2, -0.15) is 0 Å². The topological polar surface area (TPSA) is 16.4 Å². The zero-order valence-corrected chi connectivity index (χ0v) is 28.4. The maximum absolute atomic E-state index is 6.16. The highest BCUT2D eigenvalue weighted by Gasteiger charge is 2.15. The molecule has 0 N–H and O–H groups in total. The third-order valence-corrected chi connectivity index (χ3v) is 10.2. The standard InChI is InChI=1S/C50H33NO/c1-2-10-34(11-3-1)38-14-8-15-44(31-38)51(43-28-24-37(25-29-43)46-18-9-13-36-12-4-5-16-45(36)46)42-26-22-35(23-27-42)39-20-21-40-33-50-48(32-41(40)30-39)47-17-6-7-19-49(47)52-50/h1-33H. The molecular weight excluding hydrogens is 631 g/mol. The van der Waals surface area contributed by atoms with E-state index >= 15 is 0 Å². The maximum Gasteiger partial charge on any atom is 0.136 e. The summed E-state index contributed by atoms with van der Waals surface area (Å²) in [7, 11) is 0. The summed E-state index contributed by atoms with van der Waals surface area (Å²) < 4.78 is 6.16. The van der Waals surface area contributed by atoms with Crippen molar-refractivity contribution in [2.24, 2.45) is 0 Å². The largest absolute Gasteiger partial charge is 0.456 e. The predicted octanol–water partition coefficient (Wildman–Crippen LogP) is 14.4. The number of hydrogen-bond acceptors (Lipinski definition) is 2. The fourth-order valence-electron chi connectivity index (χ4n) is 7.62. The smallest absolute Gasteiger partial charge is 0.136 e. The molecular formula is C50H33NO. The molecule has 0 aliphatic heterocycles. The second kappa shape index (κ2) is 12.5. The first-order valence-corrected chi connectivity index (χ1v) is 17.7. The minimum atomic E-state index is 0.922. The molecule has 0 spiro atoms. The lowest BCUT2D eigenvalue weighted by Gasteiger charge is -2.26. The second-order valence-electron chi connectivity index (χ2n) is 13.4. The minimum absolute atomic E-state index is 0.922. The van der Waals surface area contributed by atoms with Gasteiger partial charge in [-0.25, -0.2) is 0 Å². The summed E-state index contributed by atoms with van der Waals surface area (Å²) in [5.41, 5.74) is 12.3. The van der Waals surface area contributed by atoms with E-state index < -0.39 is 0 Å². The molecule has 0 aliphatic carbocycles. The summed E-state index contributed by atoms with van der Waals surface area (Å²) in [6.07, 6.45) is 0. The lowest BCUT2D eigenvalue weighted by molar-refractivity contribution is 0.669. The van der Waals surface area contributed by atoms with E-state index in [9.17, 15) is 0 Å². The highest BCUT2D eigenvalue weighted by Crippen LogP contribution is 2.40. The van der Waals surface area contributed by atoms with Gasteiger partial charge in [0, 0.05) is 27.8 Å². The van der Waals surface area contributed by atoms with Crippen LogP contribution in [0.2, 0.25) is 0 Å². The Labute approximate surface area is 302 Å². The van der Waals surface area contributed by atoms with Crippen LogP contribution in [0.25, 0.3) is 76.9 Å². The number of para-hydroxylation sites is 1. The van der Waals surface area contributed by atoms with Crippen LogP contribution in [0, 0.1) is 0 Å². The lowest BCUT2D eigenvalue weighted by Crippen LogP contribution is -2.10. The van der Waals surface area contributed by atoms with Crippen molar-refractivity contribution in [3.63, 3.8) is 0 Å². The Balaban J connectivity index is 1.04. The van der Waals surface area contributed by atoms with Crippen LogP contribution in [0.4, 0.5) is 17.1 Å². The Hall–Kier alpha value is -6.90. The number of anilines is 3. The molecule has 0 unspecified atom stereocenters. The highest BCUT2D eigenvalue weighted by atomic mass is 16.3. The van der Waals surface area contributed by atoms with Crippen LogP contribution in [0.3, 0.4) is 0 Å². The molecule has 1 heterocycles. The van der Waals surface area contributed by atoms with Crippen molar-refractivity contribution in [3.8, 4) is 33.4 Å². The Morgan fingerprint density at radius 3 is 1.73 bits per heavy atom. The van der Waals surface area contributed by atoms with Gasteiger partial charge >= 0.3 is 0 Å². The third kappa shape index (κ3) is 5.30. The maximum atomic E-state index is 6.16. The molecule has 244 valence electrons. The van der Waals surface area contributed by atoms with E-state index in [1.54, 1.807) is 0 Å². The summed E-state index contributed by atoms with van der Waals surface area (Å²) in [6, 6.07) is 71.8. The van der Waals surface area contributed by atoms with Crippen LogP contribution >= 0.6 is 0 Å². The molecule has 10 rings (SSSR count). The van der Waals surface area contributed by atoms with E-state index in [4.69, 9.17) is 4.42 Å². The number of fused-ring (bicyclic) bond motifs is 5. The van der Waals surface area contributed by atoms with Gasteiger partial charge < -0.3 is 9.32 Å². The number of benzene rings is 9. The molecule has 9 aromatic carbocycles. The molecule has 1 aromatic heterocycles. The van der Waals surface area contributed by atoms with Gasteiger partial charge in [-0.15, -0.1) is 0 Å². The van der Waals surface area contributed by atoms with E-state index in [1.807, 2.05) is 12.1 Å². The van der Waals surface area contributed by atoms with Gasteiger partial charge in [0.1, 0.15) is 11.2 Å². The number of furan rings is 1. The Bertz CT molecular complexity index is 2880. The van der Waals surface area contributed by atoms with Crippen molar-refractivity contribution >= 4 is 60.5 Å². The van der Waals surface area contributed by atoms with Crippen molar-refractivity contribution in [3.05, 3.63) is 200 Å². The predicted molar refractivity (Wildman–Crippen MR) is 220 cm³/mol. The summed E-state index contributed by atoms with van der Waals surface area (Å²) in [5, 5.41) is 7.18. The average Bonchev–Trinajstić information content (AvgIpc) is 3.58. The molecule has 0 saturated carbocycles. The molecule has 0 saturated heterocycles. The molecule has 52 heavy (non-hydrogen) atoms. The van der Waals surface area contributed by atoms with Crippen molar-refractivity contribution in [2.45, 2.75) is 0 Å². The SMILES string of the molecule is c1ccc(-c2cccc(N(c3ccc(-c4ccc5cc6oc7ccccc7c6cc5c4)cc3)c3ccc(-c4cccc5ccccc45)cc3)c2)cc1. The molecule has 0 amide bonds. The molecule has 2 nitrogen and oxygen atoms in total. The van der Waals surface area contributed by atoms with E-state index in [0.717, 1.165) is 39.0 Å². The van der Waals surface area contributed by atoms with Gasteiger partial charge in [0.2, 0.25) is 0 Å². The van der Waals surface area contributed by atoms with Gasteiger partial charge in [0.05, 0.1) is 0 Å². The van der Waals surface area contributed by atoms with Crippen molar-refractivity contribution in [2.75, 3.05) is 4.90 Å². The molecule has 0 atom stereocenters. The first-order valence-electron chi connectivity index (χ1n) is 17.7. The second-order valence-corrected chi connectivity index (χ2v) is 13.4. The number of nitrogens with zero attached hydrogens (tertiary/aromatic N) is 1. The highest BCUT2D eigenvalue weighted by molar-refractivity contribution is 6.10. The van der Waals surface area contributed by atoms with Crippen LogP contribution in [-0.2, 0) is 0 Å². The van der Waals surface area contributed by atoms with E-state index in [2.05, 4.69) is 193 Å². The van der Waals surface area contributed by atoms with Crippen LogP contribution < -0.4 is 4.90 Å². The Morgan fingerprint density at radius 1 is 0.288 bits per heavy atom. The monoisotopic (exact) mass is 663 g/mol. The van der Waals surface area contributed by atoms with Gasteiger partial charge in [-0.1, -0.05) is 140 Å². The Kier molecular flexibility index (Phi) is 7.18. The van der Waals surface area contributed by atoms with E-state index in [0.29, 0.717) is 0 Å². The number of rotatable bonds is 6. The van der Waals surface area contributed by atoms with E-state index in [-0.39, 0.29) is 0 Å². The first-order chi connectivity index (χ1) is 25.7. The van der Waals surface area contributed by atoms with Crippen LogP contribution in [0.15, 0.2) is 205 Å².